The minimum absolute atomic E-state index is 0.0939. The summed E-state index contributed by atoms with van der Waals surface area (Å²) >= 11 is 0. The van der Waals surface area contributed by atoms with Gasteiger partial charge in [0, 0.05) is 6.54 Å². The number of nitrogens with zero attached hydrogens (tertiary/aromatic N) is 1. The van der Waals surface area contributed by atoms with Gasteiger partial charge in [0.1, 0.15) is 17.7 Å². The van der Waals surface area contributed by atoms with Crippen molar-refractivity contribution in [3.8, 4) is 0 Å². The van der Waals surface area contributed by atoms with Crippen LogP contribution in [0, 0.1) is 28.6 Å². The Balaban J connectivity index is 1.83. The molecule has 2 saturated carbocycles. The summed E-state index contributed by atoms with van der Waals surface area (Å²) in [7, 11) is 0. The summed E-state index contributed by atoms with van der Waals surface area (Å²) in [6.45, 7) is 15.1. The van der Waals surface area contributed by atoms with Crippen molar-refractivity contribution in [1.82, 2.24) is 15.5 Å². The Hall–Kier alpha value is -2.65. The topological polar surface area (TPSA) is 142 Å². The van der Waals surface area contributed by atoms with Crippen molar-refractivity contribution >= 4 is 29.7 Å². The third-order valence-corrected chi connectivity index (χ3v) is 7.64. The van der Waals surface area contributed by atoms with Gasteiger partial charge < -0.3 is 25.4 Å². The molecule has 1 saturated heterocycles. The first-order valence-electron chi connectivity index (χ1n) is 12.7. The summed E-state index contributed by atoms with van der Waals surface area (Å²) < 4.78 is 5.36. The molecule has 3 aliphatic rings. The number of hydrogen-bond acceptors (Lipinski definition) is 6. The number of aliphatic carboxylic acids is 1. The standard InChI is InChI=1S/C26H41N3O7/c1-24(2,3)19(28-23(35)36-25(4,5)6)21(32)29-12-14-16(26(14,7)8)17(29)20(31)27-15(11-13-9-10-13)18(30)22(33)34/h13-17,19H,9-12H2,1-8H3,(H,27,31)(H,28,35)(H,33,34)/t14?,15?,16?,17-,19+/m0/s1. The molecule has 0 radical (unpaired) electrons. The number of hydrogen-bond donors (Lipinski definition) is 3. The predicted octanol–water partition coefficient (Wildman–Crippen LogP) is 2.35. The second-order valence-corrected chi connectivity index (χ2v) is 13.2. The maximum absolute atomic E-state index is 13.8. The van der Waals surface area contributed by atoms with Crippen molar-refractivity contribution in [3.05, 3.63) is 0 Å². The summed E-state index contributed by atoms with van der Waals surface area (Å²) in [5, 5.41) is 14.6. The maximum atomic E-state index is 13.8. The Morgan fingerprint density at radius 3 is 2.08 bits per heavy atom. The number of likely N-dealkylation sites (tertiary alicyclic amines) is 1. The van der Waals surface area contributed by atoms with Crippen LogP contribution in [0.2, 0.25) is 0 Å². The Labute approximate surface area is 212 Å². The van der Waals surface area contributed by atoms with E-state index >= 15 is 0 Å². The number of carbonyl (C=O) groups excluding carboxylic acids is 4. The Kier molecular flexibility index (Phi) is 7.24. The normalized spacial score (nSPS) is 26.3. The van der Waals surface area contributed by atoms with Crippen molar-refractivity contribution in [2.75, 3.05) is 6.54 Å². The van der Waals surface area contributed by atoms with Gasteiger partial charge in [0.25, 0.3) is 5.78 Å². The number of amides is 3. The number of piperidine rings is 1. The molecule has 2 aliphatic carbocycles. The number of alkyl carbamates (subject to hydrolysis) is 1. The quantitative estimate of drug-likeness (QED) is 0.428. The summed E-state index contributed by atoms with van der Waals surface area (Å²) in [6.07, 6.45) is 1.35. The Morgan fingerprint density at radius 1 is 1.03 bits per heavy atom. The lowest BCUT2D eigenvalue weighted by molar-refractivity contribution is -0.151. The van der Waals surface area contributed by atoms with Crippen LogP contribution >= 0.6 is 0 Å². The molecule has 3 unspecified atom stereocenters. The van der Waals surface area contributed by atoms with Gasteiger partial charge in [-0.25, -0.2) is 9.59 Å². The first-order valence-corrected chi connectivity index (χ1v) is 12.7. The predicted molar refractivity (Wildman–Crippen MR) is 131 cm³/mol. The summed E-state index contributed by atoms with van der Waals surface area (Å²) in [5.41, 5.74) is -1.59. The van der Waals surface area contributed by atoms with Gasteiger partial charge in [-0.3, -0.25) is 14.4 Å². The van der Waals surface area contributed by atoms with E-state index in [-0.39, 0.29) is 29.6 Å². The summed E-state index contributed by atoms with van der Waals surface area (Å²) in [5.74, 6) is -3.36. The molecule has 3 amide bonds. The molecule has 202 valence electrons. The van der Waals surface area contributed by atoms with Gasteiger partial charge in [-0.1, -0.05) is 47.5 Å². The van der Waals surface area contributed by atoms with Crippen molar-refractivity contribution in [2.45, 2.75) is 98.4 Å². The fourth-order valence-electron chi connectivity index (χ4n) is 5.38. The third-order valence-electron chi connectivity index (χ3n) is 7.64. The Morgan fingerprint density at radius 2 is 1.61 bits per heavy atom. The number of ketones is 1. The third kappa shape index (κ3) is 6.00. The van der Waals surface area contributed by atoms with Crippen LogP contribution in [0.3, 0.4) is 0 Å². The first-order chi connectivity index (χ1) is 16.3. The zero-order valence-electron chi connectivity index (χ0n) is 22.6. The van der Waals surface area contributed by atoms with Crippen molar-refractivity contribution in [1.29, 1.82) is 0 Å². The molecule has 5 atom stereocenters. The number of carboxylic acid groups (broad SMARTS) is 1. The Bertz CT molecular complexity index is 942. The monoisotopic (exact) mass is 507 g/mol. The van der Waals surface area contributed by atoms with Gasteiger partial charge in [0.15, 0.2) is 0 Å². The number of carbonyl (C=O) groups is 5. The van der Waals surface area contributed by atoms with E-state index in [1.807, 2.05) is 34.6 Å². The molecule has 10 heteroatoms. The number of fused-ring (bicyclic) bond motifs is 1. The van der Waals surface area contributed by atoms with Gasteiger partial charge in [0.05, 0.1) is 6.04 Å². The van der Waals surface area contributed by atoms with E-state index in [2.05, 4.69) is 10.6 Å². The zero-order chi connectivity index (χ0) is 27.4. The number of rotatable bonds is 8. The molecular weight excluding hydrogens is 466 g/mol. The molecule has 0 aromatic heterocycles. The molecule has 3 rings (SSSR count). The minimum atomic E-state index is -1.58. The summed E-state index contributed by atoms with van der Waals surface area (Å²) in [6, 6.07) is -2.93. The van der Waals surface area contributed by atoms with Crippen LogP contribution in [-0.4, -0.2) is 69.9 Å². The summed E-state index contributed by atoms with van der Waals surface area (Å²) in [4.78, 5) is 65.1. The molecule has 3 fully saturated rings. The molecule has 0 spiro atoms. The van der Waals surface area contributed by atoms with Crippen LogP contribution in [0.25, 0.3) is 0 Å². The van der Waals surface area contributed by atoms with Gasteiger partial charge in [0.2, 0.25) is 11.8 Å². The fourth-order valence-corrected chi connectivity index (χ4v) is 5.38. The molecule has 10 nitrogen and oxygen atoms in total. The first kappa shape index (κ1) is 27.9. The lowest BCUT2D eigenvalue weighted by atomic mass is 9.85. The average Bonchev–Trinajstić information content (AvgIpc) is 3.55. The second-order valence-electron chi connectivity index (χ2n) is 13.2. The number of carboxylic acids is 1. The van der Waals surface area contributed by atoms with Crippen LogP contribution in [0.15, 0.2) is 0 Å². The van der Waals surface area contributed by atoms with Crippen LogP contribution in [0.4, 0.5) is 4.79 Å². The van der Waals surface area contributed by atoms with E-state index in [9.17, 15) is 29.1 Å². The zero-order valence-corrected chi connectivity index (χ0v) is 22.6. The maximum Gasteiger partial charge on any atom is 0.408 e. The lowest BCUT2D eigenvalue weighted by Crippen LogP contribution is -2.60. The van der Waals surface area contributed by atoms with Crippen LogP contribution < -0.4 is 10.6 Å². The lowest BCUT2D eigenvalue weighted by Gasteiger charge is -2.38. The van der Waals surface area contributed by atoms with E-state index in [4.69, 9.17) is 4.74 Å². The highest BCUT2D eigenvalue weighted by atomic mass is 16.6. The molecule has 0 aromatic carbocycles. The second kappa shape index (κ2) is 9.34. The molecule has 1 aliphatic heterocycles. The SMILES string of the molecule is CC(C)(C)OC(=O)N[C@H](C(=O)N1CC2C([C@H]1C(=O)NC(CC1CC1)C(=O)C(=O)O)C2(C)C)C(C)(C)C. The van der Waals surface area contributed by atoms with Gasteiger partial charge >= 0.3 is 12.1 Å². The van der Waals surface area contributed by atoms with Crippen molar-refractivity contribution < 1.29 is 33.8 Å². The molecular formula is C26H41N3O7. The highest BCUT2D eigenvalue weighted by Crippen LogP contribution is 2.65. The number of nitrogens with one attached hydrogen (secondary N) is 2. The average molecular weight is 508 g/mol. The van der Waals surface area contributed by atoms with Gasteiger partial charge in [-0.15, -0.1) is 0 Å². The van der Waals surface area contributed by atoms with Crippen LogP contribution in [0.1, 0.15) is 74.7 Å². The van der Waals surface area contributed by atoms with E-state index in [1.54, 1.807) is 20.8 Å². The number of ether oxygens (including phenoxy) is 1. The largest absolute Gasteiger partial charge is 0.475 e. The van der Waals surface area contributed by atoms with E-state index in [0.29, 0.717) is 6.54 Å². The molecule has 0 aromatic rings. The smallest absolute Gasteiger partial charge is 0.408 e. The van der Waals surface area contributed by atoms with Gasteiger partial charge in [-0.05, 0) is 55.8 Å². The van der Waals surface area contributed by atoms with Crippen molar-refractivity contribution in [3.63, 3.8) is 0 Å². The van der Waals surface area contributed by atoms with Gasteiger partial charge in [-0.2, -0.15) is 0 Å². The molecule has 36 heavy (non-hydrogen) atoms. The van der Waals surface area contributed by atoms with Crippen molar-refractivity contribution in [2.24, 2.45) is 28.6 Å². The van der Waals surface area contributed by atoms with E-state index in [0.717, 1.165) is 12.8 Å². The number of Topliss-reactive ketones (excluding diaryl/α,β-unsaturated/α-hetero) is 1. The molecule has 1 heterocycles. The fraction of sp³-hybridized carbons (Fsp3) is 0.808. The van der Waals surface area contributed by atoms with Crippen LogP contribution in [-0.2, 0) is 23.9 Å². The highest BCUT2D eigenvalue weighted by Gasteiger charge is 2.70. The molecule has 3 N–H and O–H groups in total. The van der Waals surface area contributed by atoms with E-state index in [1.165, 1.54) is 4.90 Å². The molecule has 0 bridgehead atoms. The minimum Gasteiger partial charge on any atom is -0.475 e. The van der Waals surface area contributed by atoms with E-state index < -0.39 is 58.8 Å². The highest BCUT2D eigenvalue weighted by molar-refractivity contribution is 6.35. The van der Waals surface area contributed by atoms with Crippen LogP contribution in [0.5, 0.6) is 0 Å².